The van der Waals surface area contributed by atoms with Crippen LogP contribution in [0.1, 0.15) is 12.6 Å². The SMILES string of the molecule is Nc1nc2c(ncn2[C@@H]2O[C@H](CO)C[C@H]2OP(=O)(S)OC[C@H]2OC[C@@](F)(n3ccc4c(N)ncnc43)[C@@H]2O)c(=O)[nH]1. The molecule has 0 bridgehead atoms. The number of alkyl halides is 1. The van der Waals surface area contributed by atoms with Crippen LogP contribution < -0.4 is 17.0 Å². The number of nitrogens with one attached hydrogen (secondary N) is 1. The maximum Gasteiger partial charge on any atom is 0.386 e. The van der Waals surface area contributed by atoms with Crippen molar-refractivity contribution >= 4 is 53.0 Å². The van der Waals surface area contributed by atoms with Gasteiger partial charge in [-0.15, -0.1) is 0 Å². The molecule has 0 aromatic carbocycles. The summed E-state index contributed by atoms with van der Waals surface area (Å²) in [6.07, 6.45) is -1.91. The summed E-state index contributed by atoms with van der Waals surface area (Å²) in [4.78, 5) is 30.6. The maximum absolute atomic E-state index is 16.0. The highest BCUT2D eigenvalue weighted by atomic mass is 32.7. The molecule has 2 aliphatic rings. The Bertz CT molecular complexity index is 1720. The van der Waals surface area contributed by atoms with Gasteiger partial charge in [0, 0.05) is 12.6 Å². The number of anilines is 2. The second kappa shape index (κ2) is 10.3. The number of hydrogen-bond donors (Lipinski definition) is 6. The zero-order chi connectivity index (χ0) is 29.1. The number of nitrogen functional groups attached to an aromatic ring is 2. The van der Waals surface area contributed by atoms with E-state index in [0.29, 0.717) is 5.39 Å². The van der Waals surface area contributed by atoms with E-state index in [1.54, 1.807) is 0 Å². The van der Waals surface area contributed by atoms with Crippen molar-refractivity contribution in [3.63, 3.8) is 0 Å². The Morgan fingerprint density at radius 1 is 1.32 bits per heavy atom. The number of fused-ring (bicyclic) bond motifs is 2. The van der Waals surface area contributed by atoms with Crippen LogP contribution in [-0.2, 0) is 28.9 Å². The molecule has 20 heteroatoms. The van der Waals surface area contributed by atoms with Gasteiger partial charge in [-0.2, -0.15) is 4.98 Å². The molecule has 4 aromatic heterocycles. The van der Waals surface area contributed by atoms with Crippen molar-refractivity contribution in [2.75, 3.05) is 31.3 Å². The third-order valence-electron chi connectivity index (χ3n) is 6.96. The number of H-pyrrole nitrogens is 1. The molecule has 1 unspecified atom stereocenters. The number of halogens is 1. The quantitative estimate of drug-likeness (QED) is 0.112. The molecule has 2 saturated heterocycles. The van der Waals surface area contributed by atoms with Crippen molar-refractivity contribution in [2.24, 2.45) is 0 Å². The van der Waals surface area contributed by atoms with Gasteiger partial charge in [0.15, 0.2) is 17.4 Å². The van der Waals surface area contributed by atoms with Crippen LogP contribution in [0.25, 0.3) is 22.2 Å². The minimum absolute atomic E-state index is 0.0222. The van der Waals surface area contributed by atoms with E-state index in [2.05, 4.69) is 37.2 Å². The van der Waals surface area contributed by atoms with Crippen LogP contribution in [0.3, 0.4) is 0 Å². The average molecular weight is 614 g/mol. The summed E-state index contributed by atoms with van der Waals surface area (Å²) in [5.74, 6) is -2.46. The van der Waals surface area contributed by atoms with Crippen LogP contribution in [0.15, 0.2) is 29.7 Å². The topological polar surface area (TPSA) is 241 Å². The summed E-state index contributed by atoms with van der Waals surface area (Å²) in [6.45, 7) is -5.69. The van der Waals surface area contributed by atoms with E-state index >= 15 is 4.39 Å². The normalized spacial score (nSPS) is 29.9. The monoisotopic (exact) mass is 613 g/mol. The highest BCUT2D eigenvalue weighted by molar-refractivity contribution is 8.44. The van der Waals surface area contributed by atoms with E-state index in [0.717, 1.165) is 4.57 Å². The number of aromatic amines is 1. The summed E-state index contributed by atoms with van der Waals surface area (Å²) in [7, 11) is 0. The molecule has 0 saturated carbocycles. The summed E-state index contributed by atoms with van der Waals surface area (Å²) >= 11 is 4.04. The van der Waals surface area contributed by atoms with Crippen LogP contribution >= 0.6 is 19.0 Å². The maximum atomic E-state index is 16.0. The summed E-state index contributed by atoms with van der Waals surface area (Å²) in [5, 5.41) is 20.9. The van der Waals surface area contributed by atoms with Crippen molar-refractivity contribution in [3.05, 3.63) is 35.3 Å². The predicted octanol–water partition coefficient (Wildman–Crippen LogP) is -0.170. The van der Waals surface area contributed by atoms with Gasteiger partial charge in [-0.25, -0.2) is 23.9 Å². The third kappa shape index (κ3) is 4.87. The Labute approximate surface area is 234 Å². The van der Waals surface area contributed by atoms with Crippen LogP contribution in [0.2, 0.25) is 0 Å². The van der Waals surface area contributed by atoms with Crippen LogP contribution in [0, 0.1) is 0 Å². The minimum Gasteiger partial charge on any atom is -0.394 e. The van der Waals surface area contributed by atoms with Gasteiger partial charge in [-0.3, -0.25) is 28.0 Å². The Morgan fingerprint density at radius 3 is 2.90 bits per heavy atom. The molecule has 7 N–H and O–H groups in total. The third-order valence-corrected chi connectivity index (χ3v) is 8.60. The van der Waals surface area contributed by atoms with Crippen molar-refractivity contribution in [1.29, 1.82) is 0 Å². The zero-order valence-corrected chi connectivity index (χ0v) is 22.8. The second-order valence-electron chi connectivity index (χ2n) is 9.55. The Morgan fingerprint density at radius 2 is 2.12 bits per heavy atom. The molecular weight excluding hydrogens is 588 g/mol. The lowest BCUT2D eigenvalue weighted by Gasteiger charge is -2.27. The van der Waals surface area contributed by atoms with Crippen LogP contribution in [0.4, 0.5) is 16.2 Å². The second-order valence-corrected chi connectivity index (χ2v) is 12.4. The molecule has 2 aliphatic heterocycles. The lowest BCUT2D eigenvalue weighted by atomic mass is 10.1. The molecule has 0 amide bonds. The first-order valence-corrected chi connectivity index (χ1v) is 14.9. The summed E-state index contributed by atoms with van der Waals surface area (Å²) in [5.41, 5.74) is 11.1. The molecule has 0 spiro atoms. The number of hydrogen-bond acceptors (Lipinski definition) is 14. The van der Waals surface area contributed by atoms with Crippen molar-refractivity contribution in [1.82, 2.24) is 34.1 Å². The van der Waals surface area contributed by atoms with Crippen molar-refractivity contribution < 1.29 is 37.7 Å². The average Bonchev–Trinajstić information content (AvgIpc) is 3.69. The standard InChI is InChI=1S/C21H25FN9O8PS/c22-21(31-2-1-10-15(23)25-7-26-16(10)31)6-36-12(14(21)33)5-37-40(35,41)39-11-3-9(4-32)38-19(11)30-8-27-13-17(30)28-20(24)29-18(13)34/h1-2,7-9,11-12,14,19,32-33H,3-6H2,(H,35,41)(H2,23,25,26)(H3,24,28,29,34)/t9-,11+,12+,14+,19+,21+,40?/m0/s1. The fraction of sp³-hybridized carbons (Fsp3) is 0.476. The minimum atomic E-state index is -4.20. The zero-order valence-electron chi connectivity index (χ0n) is 21.0. The molecule has 6 rings (SSSR count). The van der Waals surface area contributed by atoms with E-state index in [1.165, 1.54) is 29.5 Å². The van der Waals surface area contributed by atoms with Crippen LogP contribution in [-0.4, -0.2) is 88.5 Å². The summed E-state index contributed by atoms with van der Waals surface area (Å²) < 4.78 is 54.0. The first kappa shape index (κ1) is 28.0. The number of thiol groups is 1. The van der Waals surface area contributed by atoms with E-state index < -0.39 is 62.0 Å². The van der Waals surface area contributed by atoms with E-state index in [9.17, 15) is 19.6 Å². The molecule has 7 atom stereocenters. The molecule has 0 radical (unpaired) electrons. The number of nitrogens with two attached hydrogens (primary N) is 2. The van der Waals surface area contributed by atoms with E-state index in [1.807, 2.05) is 0 Å². The van der Waals surface area contributed by atoms with Gasteiger partial charge in [0.2, 0.25) is 11.7 Å². The highest BCUT2D eigenvalue weighted by Gasteiger charge is 2.53. The number of rotatable bonds is 8. The number of nitrogens with zero attached hydrogens (tertiary/aromatic N) is 6. The number of imidazole rings is 1. The number of aromatic nitrogens is 7. The fourth-order valence-electron chi connectivity index (χ4n) is 4.98. The van der Waals surface area contributed by atoms with Crippen molar-refractivity contribution in [3.8, 4) is 0 Å². The Balaban J connectivity index is 1.17. The molecular formula is C21H25FN9O8PS. The van der Waals surface area contributed by atoms with Gasteiger partial charge in [-0.1, -0.05) is 12.2 Å². The molecule has 220 valence electrons. The largest absolute Gasteiger partial charge is 0.394 e. The van der Waals surface area contributed by atoms with Crippen molar-refractivity contribution in [2.45, 2.75) is 42.9 Å². The van der Waals surface area contributed by atoms with E-state index in [-0.39, 0.29) is 41.6 Å². The van der Waals surface area contributed by atoms with Gasteiger partial charge in [0.1, 0.15) is 42.7 Å². The Kier molecular flexibility index (Phi) is 7.02. The molecule has 4 aromatic rings. The predicted molar refractivity (Wildman–Crippen MR) is 142 cm³/mol. The molecule has 0 aliphatic carbocycles. The molecule has 6 heterocycles. The van der Waals surface area contributed by atoms with Gasteiger partial charge in [-0.05, 0) is 6.07 Å². The van der Waals surface area contributed by atoms with Gasteiger partial charge < -0.3 is 31.2 Å². The van der Waals surface area contributed by atoms with Gasteiger partial charge in [0.25, 0.3) is 5.56 Å². The van der Waals surface area contributed by atoms with E-state index in [4.69, 9.17) is 30.0 Å². The number of aliphatic hydroxyl groups is 2. The first-order valence-electron chi connectivity index (χ1n) is 12.2. The van der Waals surface area contributed by atoms with Crippen LogP contribution in [0.5, 0.6) is 0 Å². The number of ether oxygens (including phenoxy) is 2. The Hall–Kier alpha value is -3.16. The van der Waals surface area contributed by atoms with Gasteiger partial charge >= 0.3 is 6.80 Å². The lowest BCUT2D eigenvalue weighted by molar-refractivity contribution is -0.0508. The smallest absolute Gasteiger partial charge is 0.386 e. The highest BCUT2D eigenvalue weighted by Crippen LogP contribution is 2.57. The number of aliphatic hydroxyl groups excluding tert-OH is 2. The summed E-state index contributed by atoms with van der Waals surface area (Å²) in [6, 6.07) is 1.52. The molecule has 2 fully saturated rings. The van der Waals surface area contributed by atoms with Gasteiger partial charge in [0.05, 0.1) is 31.0 Å². The first-order chi connectivity index (χ1) is 19.5. The molecule has 17 nitrogen and oxygen atoms in total. The lowest BCUT2D eigenvalue weighted by Crippen LogP contribution is -2.43. The molecule has 41 heavy (non-hydrogen) atoms. The fourth-order valence-corrected chi connectivity index (χ4v) is 6.47.